The number of hydrogen-bond acceptors (Lipinski definition) is 4. The summed E-state index contributed by atoms with van der Waals surface area (Å²) >= 11 is 0. The fraction of sp³-hybridized carbons (Fsp3) is 0.286. The summed E-state index contributed by atoms with van der Waals surface area (Å²) in [5.41, 5.74) is 0.427. The van der Waals surface area contributed by atoms with E-state index in [0.717, 1.165) is 0 Å². The van der Waals surface area contributed by atoms with Crippen LogP contribution in [0.1, 0.15) is 15.9 Å². The van der Waals surface area contributed by atoms with E-state index in [2.05, 4.69) is 9.72 Å². The summed E-state index contributed by atoms with van der Waals surface area (Å²) in [7, 11) is -2.60. The molecule has 0 bridgehead atoms. The number of primary sulfonamides is 1. The van der Waals surface area contributed by atoms with Crippen LogP contribution >= 0.6 is 0 Å². The van der Waals surface area contributed by atoms with Crippen molar-refractivity contribution in [3.63, 3.8) is 0 Å². The number of sulfonamides is 1. The number of methoxy groups -OCH3 is 1. The monoisotopic (exact) mass is 218 g/mol. The lowest BCUT2D eigenvalue weighted by atomic mass is 10.2. The van der Waals surface area contributed by atoms with Gasteiger partial charge in [-0.25, -0.2) is 18.4 Å². The average Bonchev–Trinajstić information content (AvgIpc) is 2.45. The van der Waals surface area contributed by atoms with Gasteiger partial charge in [0.2, 0.25) is 0 Å². The van der Waals surface area contributed by atoms with Crippen molar-refractivity contribution in [3.05, 3.63) is 17.3 Å². The second-order valence-corrected chi connectivity index (χ2v) is 4.19. The van der Waals surface area contributed by atoms with Crippen LogP contribution in [0.25, 0.3) is 0 Å². The Morgan fingerprint density at radius 3 is 2.50 bits per heavy atom. The minimum absolute atomic E-state index is 0.163. The topological polar surface area (TPSA) is 102 Å². The molecule has 0 aliphatic heterocycles. The van der Waals surface area contributed by atoms with Crippen LogP contribution in [0.3, 0.4) is 0 Å². The van der Waals surface area contributed by atoms with E-state index < -0.39 is 16.0 Å². The van der Waals surface area contributed by atoms with Crippen LogP contribution in [0.2, 0.25) is 0 Å². The summed E-state index contributed by atoms with van der Waals surface area (Å²) in [6, 6.07) is 0. The van der Waals surface area contributed by atoms with Crippen LogP contribution in [0.4, 0.5) is 0 Å². The zero-order chi connectivity index (χ0) is 10.9. The molecular weight excluding hydrogens is 208 g/mol. The van der Waals surface area contributed by atoms with Crippen molar-refractivity contribution in [1.82, 2.24) is 4.98 Å². The lowest BCUT2D eigenvalue weighted by molar-refractivity contribution is 0.0600. The van der Waals surface area contributed by atoms with Crippen molar-refractivity contribution in [1.29, 1.82) is 0 Å². The van der Waals surface area contributed by atoms with Crippen molar-refractivity contribution in [2.24, 2.45) is 5.14 Å². The van der Waals surface area contributed by atoms with Gasteiger partial charge in [0.05, 0.1) is 12.7 Å². The van der Waals surface area contributed by atoms with Crippen LogP contribution in [0, 0.1) is 6.92 Å². The highest BCUT2D eigenvalue weighted by molar-refractivity contribution is 7.89. The van der Waals surface area contributed by atoms with Crippen LogP contribution in [0.5, 0.6) is 0 Å². The third-order valence-electron chi connectivity index (χ3n) is 1.78. The molecule has 78 valence electrons. The molecular formula is C7H10N2O4S. The molecule has 0 saturated carbocycles. The highest BCUT2D eigenvalue weighted by atomic mass is 32.2. The molecule has 1 heterocycles. The van der Waals surface area contributed by atoms with Gasteiger partial charge in [0.25, 0.3) is 10.0 Å². The first-order valence-corrected chi connectivity index (χ1v) is 5.21. The number of carbonyl (C=O) groups excluding carboxylic acids is 1. The number of hydrogen-bond donors (Lipinski definition) is 2. The number of ether oxygens (including phenoxy) is 1. The van der Waals surface area contributed by atoms with Gasteiger partial charge in [-0.15, -0.1) is 0 Å². The van der Waals surface area contributed by atoms with Gasteiger partial charge in [-0.3, -0.25) is 0 Å². The van der Waals surface area contributed by atoms with Crippen LogP contribution in [-0.2, 0) is 14.8 Å². The Labute approximate surface area is 81.1 Å². The van der Waals surface area contributed by atoms with Crippen molar-refractivity contribution in [2.45, 2.75) is 11.9 Å². The summed E-state index contributed by atoms with van der Waals surface area (Å²) in [5.74, 6) is -0.603. The fourth-order valence-corrected chi connectivity index (χ4v) is 1.85. The summed E-state index contributed by atoms with van der Waals surface area (Å²) in [6.07, 6.45) is 1.25. The number of aromatic nitrogens is 1. The molecule has 0 aromatic carbocycles. The highest BCUT2D eigenvalue weighted by Gasteiger charge is 2.20. The molecule has 0 spiro atoms. The van der Waals surface area contributed by atoms with Gasteiger partial charge in [-0.05, 0) is 6.92 Å². The quantitative estimate of drug-likeness (QED) is 0.668. The summed E-state index contributed by atoms with van der Waals surface area (Å²) in [5, 5.41) is 4.73. The van der Waals surface area contributed by atoms with Gasteiger partial charge < -0.3 is 9.72 Å². The Hall–Kier alpha value is -1.34. The Morgan fingerprint density at radius 2 is 2.14 bits per heavy atom. The van der Waals surface area contributed by atoms with Crippen molar-refractivity contribution in [3.8, 4) is 0 Å². The molecule has 0 saturated heterocycles. The first-order chi connectivity index (χ1) is 6.38. The van der Waals surface area contributed by atoms with Gasteiger partial charge in [0, 0.05) is 11.8 Å². The minimum Gasteiger partial charge on any atom is -0.465 e. The highest BCUT2D eigenvalue weighted by Crippen LogP contribution is 2.16. The maximum atomic E-state index is 11.1. The second kappa shape index (κ2) is 3.43. The number of esters is 1. The van der Waals surface area contributed by atoms with Gasteiger partial charge >= 0.3 is 5.97 Å². The van der Waals surface area contributed by atoms with E-state index >= 15 is 0 Å². The normalized spacial score (nSPS) is 11.4. The van der Waals surface area contributed by atoms with Crippen molar-refractivity contribution >= 4 is 16.0 Å². The number of rotatable bonds is 2. The van der Waals surface area contributed by atoms with E-state index in [1.165, 1.54) is 20.2 Å². The van der Waals surface area contributed by atoms with Crippen molar-refractivity contribution < 1.29 is 17.9 Å². The maximum Gasteiger partial charge on any atom is 0.339 e. The Kier molecular flexibility index (Phi) is 2.63. The third-order valence-corrected chi connectivity index (χ3v) is 2.78. The molecule has 0 atom stereocenters. The number of nitrogens with one attached hydrogen (secondary N) is 1. The molecule has 3 N–H and O–H groups in total. The number of carbonyl (C=O) groups is 1. The zero-order valence-electron chi connectivity index (χ0n) is 7.70. The van der Waals surface area contributed by atoms with E-state index in [1.54, 1.807) is 0 Å². The third kappa shape index (κ3) is 1.78. The number of H-pyrrole nitrogens is 1. The molecule has 0 fully saturated rings. The molecule has 0 amide bonds. The Morgan fingerprint density at radius 1 is 1.57 bits per heavy atom. The fourth-order valence-electron chi connectivity index (χ4n) is 1.09. The number of aromatic amines is 1. The summed E-state index contributed by atoms with van der Waals surface area (Å²) in [4.78, 5) is 13.5. The molecule has 1 aromatic rings. The van der Waals surface area contributed by atoms with Gasteiger partial charge in [0.15, 0.2) is 5.03 Å². The lowest BCUT2D eigenvalue weighted by Crippen LogP contribution is -2.14. The van der Waals surface area contributed by atoms with E-state index in [0.29, 0.717) is 0 Å². The largest absolute Gasteiger partial charge is 0.465 e. The van der Waals surface area contributed by atoms with Gasteiger partial charge in [0.1, 0.15) is 0 Å². The maximum absolute atomic E-state index is 11.1. The Bertz CT molecular complexity index is 460. The first-order valence-electron chi connectivity index (χ1n) is 3.67. The van der Waals surface area contributed by atoms with Gasteiger partial charge in [-0.2, -0.15) is 0 Å². The average molecular weight is 218 g/mol. The van der Waals surface area contributed by atoms with Crippen molar-refractivity contribution in [2.75, 3.05) is 7.11 Å². The molecule has 6 nitrogen and oxygen atoms in total. The predicted octanol–water partition coefficient (Wildman–Crippen LogP) is -0.243. The standard InChI is InChI=1S/C7H10N2O4S/c1-4-5(7(10)13-2)3-9-6(4)14(8,11)12/h3,9H,1-2H3,(H2,8,11,12). The smallest absolute Gasteiger partial charge is 0.339 e. The van der Waals surface area contributed by atoms with E-state index in [4.69, 9.17) is 5.14 Å². The Balaban J connectivity index is 3.29. The summed E-state index contributed by atoms with van der Waals surface area (Å²) < 4.78 is 26.4. The SMILES string of the molecule is COC(=O)c1c[nH]c(S(N)(=O)=O)c1C. The van der Waals surface area contributed by atoms with E-state index in [9.17, 15) is 13.2 Å². The van der Waals surface area contributed by atoms with Crippen LogP contribution in [-0.4, -0.2) is 26.5 Å². The lowest BCUT2D eigenvalue weighted by Gasteiger charge is -1.98. The summed E-state index contributed by atoms with van der Waals surface area (Å²) in [6.45, 7) is 1.47. The van der Waals surface area contributed by atoms with E-state index in [1.807, 2.05) is 0 Å². The molecule has 0 radical (unpaired) electrons. The van der Waals surface area contributed by atoms with Crippen LogP contribution < -0.4 is 5.14 Å². The second-order valence-electron chi connectivity index (χ2n) is 2.69. The molecule has 1 rings (SSSR count). The molecule has 0 aliphatic carbocycles. The zero-order valence-corrected chi connectivity index (χ0v) is 8.51. The minimum atomic E-state index is -3.82. The van der Waals surface area contributed by atoms with Crippen LogP contribution in [0.15, 0.2) is 11.2 Å². The van der Waals surface area contributed by atoms with E-state index in [-0.39, 0.29) is 16.2 Å². The first kappa shape index (κ1) is 10.7. The molecule has 14 heavy (non-hydrogen) atoms. The molecule has 7 heteroatoms. The predicted molar refractivity (Wildman–Crippen MR) is 48.2 cm³/mol. The van der Waals surface area contributed by atoms with Gasteiger partial charge in [-0.1, -0.05) is 0 Å². The molecule has 1 aromatic heterocycles. The number of nitrogens with two attached hydrogens (primary N) is 1. The molecule has 0 unspecified atom stereocenters. The molecule has 0 aliphatic rings.